The number of unbranched alkanes of at least 4 members (excludes halogenated alkanes) is 1. The molecule has 1 unspecified atom stereocenters. The fourth-order valence-electron chi connectivity index (χ4n) is 3.47. The Morgan fingerprint density at radius 1 is 1.12 bits per heavy atom. The van der Waals surface area contributed by atoms with E-state index in [-0.39, 0.29) is 17.4 Å². The molecule has 0 saturated carbocycles. The summed E-state index contributed by atoms with van der Waals surface area (Å²) in [6.45, 7) is 7.53. The summed E-state index contributed by atoms with van der Waals surface area (Å²) in [7, 11) is 1.37. The molecule has 33 heavy (non-hydrogen) atoms. The molecule has 2 rings (SSSR count). The number of para-hydroxylation sites is 1. The Morgan fingerprint density at radius 2 is 1.82 bits per heavy atom. The molecule has 0 aliphatic rings. The van der Waals surface area contributed by atoms with Gasteiger partial charge < -0.3 is 24.6 Å². The molecule has 1 amide bonds. The number of carbonyl (C=O) groups excluding carboxylic acids is 2. The molecule has 8 heteroatoms. The predicted octanol–water partition coefficient (Wildman–Crippen LogP) is 4.12. The number of hydrogen-bond acceptors (Lipinski definition) is 7. The van der Waals surface area contributed by atoms with Gasteiger partial charge in [-0.15, -0.1) is 0 Å². The van der Waals surface area contributed by atoms with Gasteiger partial charge in [0.05, 0.1) is 7.11 Å². The Morgan fingerprint density at radius 3 is 2.45 bits per heavy atom. The summed E-state index contributed by atoms with van der Waals surface area (Å²) in [5.74, 6) is -0.840. The lowest BCUT2D eigenvalue weighted by molar-refractivity contribution is -0.159. The minimum absolute atomic E-state index is 0.0552. The Bertz CT molecular complexity index is 905. The zero-order chi connectivity index (χ0) is 24.4. The first-order chi connectivity index (χ1) is 15.8. The second kappa shape index (κ2) is 12.7. The largest absolute Gasteiger partial charge is 0.503 e. The Labute approximate surface area is 195 Å². The molecule has 1 aromatic carbocycles. The fraction of sp³-hybridized carbons (Fsp3) is 0.480. The van der Waals surface area contributed by atoms with Crippen LogP contribution in [0.1, 0.15) is 57.4 Å². The standard InChI is InChI=1S/C25H34N2O6/c1-6-7-11-16(2)23(18(4)32-19-12-9-8-10-13-19)33-25(30)17(3)27-24(29)21-22(28)20(31-5)14-15-26-21/h8-10,12-18,23,28H,6-7,11H2,1-5H3,(H,27,29)/t16?,17-,18-,23+/m0/s1. The van der Waals surface area contributed by atoms with Crippen molar-refractivity contribution in [3.05, 3.63) is 48.3 Å². The Hall–Kier alpha value is -3.29. The van der Waals surface area contributed by atoms with Gasteiger partial charge in [-0.25, -0.2) is 9.78 Å². The molecule has 8 nitrogen and oxygen atoms in total. The lowest BCUT2D eigenvalue weighted by atomic mass is 9.94. The summed E-state index contributed by atoms with van der Waals surface area (Å²) >= 11 is 0. The summed E-state index contributed by atoms with van der Waals surface area (Å²) in [6.07, 6.45) is 3.34. The van der Waals surface area contributed by atoms with Crippen molar-refractivity contribution in [2.75, 3.05) is 7.11 Å². The van der Waals surface area contributed by atoms with Gasteiger partial charge in [-0.3, -0.25) is 4.79 Å². The van der Waals surface area contributed by atoms with Crippen molar-refractivity contribution in [3.63, 3.8) is 0 Å². The van der Waals surface area contributed by atoms with Crippen LogP contribution in [0.3, 0.4) is 0 Å². The van der Waals surface area contributed by atoms with Gasteiger partial charge >= 0.3 is 5.97 Å². The minimum atomic E-state index is -0.963. The van der Waals surface area contributed by atoms with Gasteiger partial charge in [0.2, 0.25) is 0 Å². The summed E-state index contributed by atoms with van der Waals surface area (Å²) in [5.41, 5.74) is -0.234. The van der Waals surface area contributed by atoms with E-state index in [1.54, 1.807) is 0 Å². The number of carbonyl (C=O) groups is 2. The lowest BCUT2D eigenvalue weighted by Gasteiger charge is -2.31. The average molecular weight is 459 g/mol. The van der Waals surface area contributed by atoms with E-state index in [1.165, 1.54) is 26.3 Å². The van der Waals surface area contributed by atoms with Crippen molar-refractivity contribution in [3.8, 4) is 17.2 Å². The van der Waals surface area contributed by atoms with Gasteiger partial charge in [-0.2, -0.15) is 0 Å². The highest BCUT2D eigenvalue weighted by atomic mass is 16.6. The third kappa shape index (κ3) is 7.37. The number of aromatic nitrogens is 1. The van der Waals surface area contributed by atoms with Gasteiger partial charge in [0.15, 0.2) is 17.2 Å². The number of pyridine rings is 1. The van der Waals surface area contributed by atoms with Crippen LogP contribution in [0.2, 0.25) is 0 Å². The van der Waals surface area contributed by atoms with Crippen LogP contribution in [0.25, 0.3) is 0 Å². The van der Waals surface area contributed by atoms with Crippen LogP contribution >= 0.6 is 0 Å². The summed E-state index contributed by atoms with van der Waals surface area (Å²) < 4.78 is 16.9. The number of esters is 1. The van der Waals surface area contributed by atoms with Gasteiger partial charge in [0, 0.05) is 12.3 Å². The van der Waals surface area contributed by atoms with Crippen molar-refractivity contribution in [2.45, 2.75) is 65.2 Å². The van der Waals surface area contributed by atoms with E-state index in [2.05, 4.69) is 17.2 Å². The number of amides is 1. The fourth-order valence-corrected chi connectivity index (χ4v) is 3.47. The van der Waals surface area contributed by atoms with Crippen molar-refractivity contribution in [1.29, 1.82) is 0 Å². The first-order valence-corrected chi connectivity index (χ1v) is 11.2. The minimum Gasteiger partial charge on any atom is -0.503 e. The van der Waals surface area contributed by atoms with Crippen LogP contribution in [0.4, 0.5) is 0 Å². The number of nitrogens with one attached hydrogen (secondary N) is 1. The van der Waals surface area contributed by atoms with E-state index < -0.39 is 35.9 Å². The average Bonchev–Trinajstić information content (AvgIpc) is 2.81. The molecule has 1 aromatic heterocycles. The monoisotopic (exact) mass is 458 g/mol. The summed E-state index contributed by atoms with van der Waals surface area (Å²) in [5, 5.41) is 12.7. The third-order valence-corrected chi connectivity index (χ3v) is 5.38. The van der Waals surface area contributed by atoms with E-state index in [0.717, 1.165) is 19.3 Å². The number of ether oxygens (including phenoxy) is 3. The number of aromatic hydroxyl groups is 1. The molecule has 0 spiro atoms. The Kier molecular flexibility index (Phi) is 9.97. The first kappa shape index (κ1) is 26.0. The molecule has 0 aliphatic heterocycles. The maximum Gasteiger partial charge on any atom is 0.328 e. The second-order valence-corrected chi connectivity index (χ2v) is 8.06. The molecule has 4 atom stereocenters. The maximum absolute atomic E-state index is 12.9. The molecule has 0 fully saturated rings. The van der Waals surface area contributed by atoms with Crippen LogP contribution < -0.4 is 14.8 Å². The number of rotatable bonds is 12. The van der Waals surface area contributed by atoms with Crippen molar-refractivity contribution in [1.82, 2.24) is 10.3 Å². The van der Waals surface area contributed by atoms with Crippen molar-refractivity contribution in [2.24, 2.45) is 5.92 Å². The molecular formula is C25H34N2O6. The van der Waals surface area contributed by atoms with Crippen molar-refractivity contribution < 1.29 is 28.9 Å². The number of hydrogen-bond donors (Lipinski definition) is 2. The summed E-state index contributed by atoms with van der Waals surface area (Å²) in [6, 6.07) is 9.82. The predicted molar refractivity (Wildman–Crippen MR) is 124 cm³/mol. The Balaban J connectivity index is 2.09. The smallest absolute Gasteiger partial charge is 0.328 e. The van der Waals surface area contributed by atoms with E-state index in [0.29, 0.717) is 5.75 Å². The van der Waals surface area contributed by atoms with Crippen LogP contribution in [0.15, 0.2) is 42.6 Å². The second-order valence-electron chi connectivity index (χ2n) is 8.06. The third-order valence-electron chi connectivity index (χ3n) is 5.38. The van der Waals surface area contributed by atoms with Crippen LogP contribution in [-0.4, -0.2) is 47.3 Å². The van der Waals surface area contributed by atoms with Gasteiger partial charge in [0.1, 0.15) is 24.0 Å². The zero-order valence-electron chi connectivity index (χ0n) is 19.9. The first-order valence-electron chi connectivity index (χ1n) is 11.2. The SMILES string of the molecule is CCCCC(C)[C@@H](OC(=O)[C@H](C)NC(=O)c1nccc(OC)c1O)[C@H](C)Oc1ccccc1. The number of nitrogens with zero attached hydrogens (tertiary/aromatic N) is 1. The molecule has 2 N–H and O–H groups in total. The highest BCUT2D eigenvalue weighted by molar-refractivity contribution is 5.97. The number of methoxy groups -OCH3 is 1. The van der Waals surface area contributed by atoms with Crippen molar-refractivity contribution >= 4 is 11.9 Å². The maximum atomic E-state index is 12.9. The topological polar surface area (TPSA) is 107 Å². The van der Waals surface area contributed by atoms with Gasteiger partial charge in [-0.1, -0.05) is 44.9 Å². The van der Waals surface area contributed by atoms with E-state index >= 15 is 0 Å². The number of benzene rings is 1. The summed E-state index contributed by atoms with van der Waals surface area (Å²) in [4.78, 5) is 29.3. The normalized spacial score (nSPS) is 14.5. The van der Waals surface area contributed by atoms with E-state index in [4.69, 9.17) is 14.2 Å². The lowest BCUT2D eigenvalue weighted by Crippen LogP contribution is -2.45. The molecule has 0 radical (unpaired) electrons. The van der Waals surface area contributed by atoms with Gasteiger partial charge in [0.25, 0.3) is 5.91 Å². The zero-order valence-corrected chi connectivity index (χ0v) is 19.9. The highest BCUT2D eigenvalue weighted by Gasteiger charge is 2.31. The molecule has 0 aliphatic carbocycles. The van der Waals surface area contributed by atoms with Crippen LogP contribution in [-0.2, 0) is 9.53 Å². The van der Waals surface area contributed by atoms with E-state index in [9.17, 15) is 14.7 Å². The quantitative estimate of drug-likeness (QED) is 0.461. The molecule has 0 bridgehead atoms. The van der Waals surface area contributed by atoms with Crippen LogP contribution in [0, 0.1) is 5.92 Å². The molecule has 0 saturated heterocycles. The van der Waals surface area contributed by atoms with Gasteiger partial charge in [-0.05, 0) is 38.3 Å². The molecule has 1 heterocycles. The molecular weight excluding hydrogens is 424 g/mol. The van der Waals surface area contributed by atoms with Crippen LogP contribution in [0.5, 0.6) is 17.2 Å². The van der Waals surface area contributed by atoms with E-state index in [1.807, 2.05) is 44.2 Å². The molecule has 180 valence electrons. The molecule has 2 aromatic rings. The highest BCUT2D eigenvalue weighted by Crippen LogP contribution is 2.27.